The van der Waals surface area contributed by atoms with E-state index in [2.05, 4.69) is 0 Å². The minimum Gasteiger partial charge on any atom is -0.466 e. The molecule has 15 heavy (non-hydrogen) atoms. The number of ether oxygens (including phenoxy) is 1. The molecule has 1 N–H and O–H groups in total. The molecule has 0 aliphatic heterocycles. The highest BCUT2D eigenvalue weighted by Crippen LogP contribution is 2.19. The Morgan fingerprint density at radius 1 is 1.67 bits per heavy atom. The van der Waals surface area contributed by atoms with Crippen LogP contribution in [0.25, 0.3) is 0 Å². The Balaban J connectivity index is 2.23. The molecule has 0 bridgehead atoms. The van der Waals surface area contributed by atoms with Crippen LogP contribution in [0, 0.1) is 0 Å². The van der Waals surface area contributed by atoms with Crippen molar-refractivity contribution < 1.29 is 19.4 Å². The molecule has 0 aromatic heterocycles. The summed E-state index contributed by atoms with van der Waals surface area (Å²) < 4.78 is 4.76. The van der Waals surface area contributed by atoms with Gasteiger partial charge in [0.2, 0.25) is 0 Å². The topological polar surface area (TPSA) is 63.6 Å². The zero-order valence-corrected chi connectivity index (χ0v) is 8.86. The molecule has 4 nitrogen and oxygen atoms in total. The number of ketones is 1. The Labute approximate surface area is 88.9 Å². The van der Waals surface area contributed by atoms with E-state index in [1.54, 1.807) is 13.0 Å². The Kier molecular flexibility index (Phi) is 4.49. The lowest BCUT2D eigenvalue weighted by molar-refractivity contribution is -0.143. The van der Waals surface area contributed by atoms with Gasteiger partial charge >= 0.3 is 5.97 Å². The first-order valence-corrected chi connectivity index (χ1v) is 5.21. The summed E-state index contributed by atoms with van der Waals surface area (Å²) in [5.74, 6) is -0.240. The van der Waals surface area contributed by atoms with Gasteiger partial charge in [-0.3, -0.25) is 9.59 Å². The van der Waals surface area contributed by atoms with Crippen LogP contribution in [0.3, 0.4) is 0 Å². The molecule has 0 aromatic carbocycles. The van der Waals surface area contributed by atoms with E-state index in [1.165, 1.54) is 0 Å². The second-order valence-electron chi connectivity index (χ2n) is 3.55. The number of allylic oxidation sites excluding steroid dienone is 1. The van der Waals surface area contributed by atoms with Crippen molar-refractivity contribution in [3.8, 4) is 0 Å². The van der Waals surface area contributed by atoms with Crippen molar-refractivity contribution in [1.82, 2.24) is 0 Å². The van der Waals surface area contributed by atoms with Gasteiger partial charge in [0.15, 0.2) is 5.78 Å². The standard InChI is InChI=1S/C11H16O4/c1-2-15-11(14)5-3-4-8-6-9(12)7-10(8)13/h6,9,12H,2-5,7H2,1H3. The lowest BCUT2D eigenvalue weighted by atomic mass is 10.1. The molecule has 0 aromatic rings. The summed E-state index contributed by atoms with van der Waals surface area (Å²) in [6.07, 6.45) is 2.62. The van der Waals surface area contributed by atoms with Gasteiger partial charge in [0.1, 0.15) is 0 Å². The van der Waals surface area contributed by atoms with Crippen molar-refractivity contribution in [2.45, 2.75) is 38.7 Å². The summed E-state index contributed by atoms with van der Waals surface area (Å²) in [6.45, 7) is 2.15. The van der Waals surface area contributed by atoms with E-state index in [0.29, 0.717) is 31.4 Å². The minimum atomic E-state index is -0.630. The lowest BCUT2D eigenvalue weighted by Crippen LogP contribution is -2.04. The Morgan fingerprint density at radius 3 is 2.93 bits per heavy atom. The highest BCUT2D eigenvalue weighted by molar-refractivity contribution is 5.98. The van der Waals surface area contributed by atoms with Crippen molar-refractivity contribution in [2.24, 2.45) is 0 Å². The van der Waals surface area contributed by atoms with Gasteiger partial charge < -0.3 is 9.84 Å². The molecule has 0 radical (unpaired) electrons. The first-order chi connectivity index (χ1) is 7.13. The van der Waals surface area contributed by atoms with Gasteiger partial charge in [-0.2, -0.15) is 0 Å². The normalized spacial score (nSPS) is 20.3. The van der Waals surface area contributed by atoms with Crippen LogP contribution in [0.1, 0.15) is 32.6 Å². The highest BCUT2D eigenvalue weighted by Gasteiger charge is 2.21. The Bertz CT molecular complexity index is 280. The smallest absolute Gasteiger partial charge is 0.305 e. The minimum absolute atomic E-state index is 0.00800. The summed E-state index contributed by atoms with van der Waals surface area (Å²) in [5, 5.41) is 9.17. The fraction of sp³-hybridized carbons (Fsp3) is 0.636. The van der Waals surface area contributed by atoms with E-state index in [-0.39, 0.29) is 18.2 Å². The SMILES string of the molecule is CCOC(=O)CCCC1=CC(O)CC1=O. The van der Waals surface area contributed by atoms with Crippen LogP contribution in [0.15, 0.2) is 11.6 Å². The predicted octanol–water partition coefficient (Wildman–Crippen LogP) is 0.980. The monoisotopic (exact) mass is 212 g/mol. The zero-order chi connectivity index (χ0) is 11.3. The maximum atomic E-state index is 11.2. The summed E-state index contributed by atoms with van der Waals surface area (Å²) in [6, 6.07) is 0. The van der Waals surface area contributed by atoms with Gasteiger partial charge in [-0.15, -0.1) is 0 Å². The number of carbonyl (C=O) groups excluding carboxylic acids is 2. The van der Waals surface area contributed by atoms with Gasteiger partial charge in [0, 0.05) is 12.8 Å². The van der Waals surface area contributed by atoms with Crippen molar-refractivity contribution in [2.75, 3.05) is 6.61 Å². The molecule has 1 aliphatic carbocycles. The molecule has 0 fully saturated rings. The fourth-order valence-corrected chi connectivity index (χ4v) is 1.58. The van der Waals surface area contributed by atoms with Crippen LogP contribution >= 0.6 is 0 Å². The lowest BCUT2D eigenvalue weighted by Gasteiger charge is -2.01. The first-order valence-electron chi connectivity index (χ1n) is 5.21. The quantitative estimate of drug-likeness (QED) is 0.690. The molecule has 0 amide bonds. The van der Waals surface area contributed by atoms with E-state index in [4.69, 9.17) is 4.74 Å². The van der Waals surface area contributed by atoms with Crippen LogP contribution in [0.4, 0.5) is 0 Å². The number of carbonyl (C=O) groups is 2. The summed E-state index contributed by atoms with van der Waals surface area (Å²) in [5.41, 5.74) is 0.645. The molecular formula is C11H16O4. The number of rotatable bonds is 5. The van der Waals surface area contributed by atoms with Gasteiger partial charge in [0.05, 0.1) is 12.7 Å². The molecule has 1 aliphatic rings. The van der Waals surface area contributed by atoms with Crippen molar-refractivity contribution >= 4 is 11.8 Å². The third-order valence-corrected chi connectivity index (χ3v) is 2.28. The molecule has 0 saturated heterocycles. The molecule has 4 heteroatoms. The van der Waals surface area contributed by atoms with Crippen molar-refractivity contribution in [3.63, 3.8) is 0 Å². The molecular weight excluding hydrogens is 196 g/mol. The van der Waals surface area contributed by atoms with E-state index in [9.17, 15) is 14.7 Å². The number of hydrogen-bond acceptors (Lipinski definition) is 4. The van der Waals surface area contributed by atoms with Gasteiger partial charge in [0.25, 0.3) is 0 Å². The van der Waals surface area contributed by atoms with E-state index in [1.807, 2.05) is 0 Å². The second kappa shape index (κ2) is 5.66. The first kappa shape index (κ1) is 11.9. The van der Waals surface area contributed by atoms with Crippen LogP contribution < -0.4 is 0 Å². The average Bonchev–Trinajstić information content (AvgIpc) is 2.46. The third kappa shape index (κ3) is 3.83. The summed E-state index contributed by atoms with van der Waals surface area (Å²) >= 11 is 0. The van der Waals surface area contributed by atoms with Crippen molar-refractivity contribution in [1.29, 1.82) is 0 Å². The number of aliphatic hydroxyl groups is 1. The van der Waals surface area contributed by atoms with Crippen LogP contribution in [-0.4, -0.2) is 29.6 Å². The van der Waals surface area contributed by atoms with Gasteiger partial charge in [-0.05, 0) is 31.4 Å². The van der Waals surface area contributed by atoms with Crippen LogP contribution in [-0.2, 0) is 14.3 Å². The van der Waals surface area contributed by atoms with E-state index >= 15 is 0 Å². The maximum absolute atomic E-state index is 11.2. The Morgan fingerprint density at radius 2 is 2.40 bits per heavy atom. The molecule has 1 atom stereocenters. The van der Waals surface area contributed by atoms with Crippen molar-refractivity contribution in [3.05, 3.63) is 11.6 Å². The van der Waals surface area contributed by atoms with Gasteiger partial charge in [-0.25, -0.2) is 0 Å². The highest BCUT2D eigenvalue weighted by atomic mass is 16.5. The number of hydrogen-bond donors (Lipinski definition) is 1. The second-order valence-corrected chi connectivity index (χ2v) is 3.55. The fourth-order valence-electron chi connectivity index (χ4n) is 1.58. The summed E-state index contributed by atoms with van der Waals surface area (Å²) in [7, 11) is 0. The third-order valence-electron chi connectivity index (χ3n) is 2.28. The van der Waals surface area contributed by atoms with Crippen LogP contribution in [0.2, 0.25) is 0 Å². The largest absolute Gasteiger partial charge is 0.466 e. The van der Waals surface area contributed by atoms with Crippen LogP contribution in [0.5, 0.6) is 0 Å². The molecule has 0 spiro atoms. The zero-order valence-electron chi connectivity index (χ0n) is 8.86. The molecule has 0 heterocycles. The number of esters is 1. The Hall–Kier alpha value is -1.16. The van der Waals surface area contributed by atoms with Gasteiger partial charge in [-0.1, -0.05) is 0 Å². The van der Waals surface area contributed by atoms with E-state index in [0.717, 1.165) is 0 Å². The molecule has 84 valence electrons. The van der Waals surface area contributed by atoms with E-state index < -0.39 is 6.10 Å². The molecule has 0 saturated carbocycles. The summed E-state index contributed by atoms with van der Waals surface area (Å²) in [4.78, 5) is 22.2. The predicted molar refractivity (Wildman–Crippen MR) is 54.2 cm³/mol. The number of Topliss-reactive ketones (excluding diaryl/α,β-unsaturated/α-hetero) is 1. The molecule has 1 rings (SSSR count). The maximum Gasteiger partial charge on any atom is 0.305 e. The number of aliphatic hydroxyl groups excluding tert-OH is 1. The molecule has 1 unspecified atom stereocenters. The average molecular weight is 212 g/mol.